The average Bonchev–Trinajstić information content (AvgIpc) is 2.77. The number of rotatable bonds is 1. The van der Waals surface area contributed by atoms with Gasteiger partial charge in [0, 0.05) is 5.41 Å². The summed E-state index contributed by atoms with van der Waals surface area (Å²) in [6.07, 6.45) is 5.74. The number of aromatic nitrogens is 4. The molecule has 3 rings (SSSR count). The lowest BCUT2D eigenvalue weighted by Gasteiger charge is -2.05. The van der Waals surface area contributed by atoms with Crippen molar-refractivity contribution in [3.05, 3.63) is 23.2 Å². The van der Waals surface area contributed by atoms with E-state index >= 15 is 0 Å². The van der Waals surface area contributed by atoms with Crippen molar-refractivity contribution < 1.29 is 0 Å². The topological polar surface area (TPSA) is 43.1 Å². The highest BCUT2D eigenvalue weighted by Gasteiger charge is 2.42. The van der Waals surface area contributed by atoms with Gasteiger partial charge in [0.25, 0.3) is 5.78 Å². The molecule has 0 unspecified atom stereocenters. The highest BCUT2D eigenvalue weighted by molar-refractivity contribution is 6.29. The SMILES string of the molecule is CC1(c2cnc3ncc(Cl)nn23)CC1. The zero-order chi connectivity index (χ0) is 9.76. The Hall–Kier alpha value is -1.16. The smallest absolute Gasteiger partial charge is 0.218 e. The molecule has 2 aromatic heterocycles. The Morgan fingerprint density at radius 2 is 2.07 bits per heavy atom. The van der Waals surface area contributed by atoms with Crippen LogP contribution in [-0.4, -0.2) is 19.6 Å². The standard InChI is InChI=1S/C9H9ClN4/c1-9(2-3-9)6-4-11-8-12-5-7(10)13-14(6)8/h4-5H,2-3H2,1H3. The quantitative estimate of drug-likeness (QED) is 0.718. The summed E-state index contributed by atoms with van der Waals surface area (Å²) in [5.41, 5.74) is 1.35. The molecule has 0 aromatic carbocycles. The third-order valence-corrected chi connectivity index (χ3v) is 2.99. The molecule has 0 N–H and O–H groups in total. The van der Waals surface area contributed by atoms with E-state index in [-0.39, 0.29) is 5.41 Å². The fourth-order valence-corrected chi connectivity index (χ4v) is 1.73. The Labute approximate surface area is 85.9 Å². The van der Waals surface area contributed by atoms with Crippen LogP contribution in [0.15, 0.2) is 12.4 Å². The molecule has 1 aliphatic carbocycles. The van der Waals surface area contributed by atoms with Crippen LogP contribution in [0.5, 0.6) is 0 Å². The van der Waals surface area contributed by atoms with Gasteiger partial charge in [0.1, 0.15) is 0 Å². The minimum Gasteiger partial charge on any atom is -0.218 e. The van der Waals surface area contributed by atoms with E-state index in [1.165, 1.54) is 19.0 Å². The van der Waals surface area contributed by atoms with Crippen LogP contribution >= 0.6 is 11.6 Å². The van der Waals surface area contributed by atoms with Crippen molar-refractivity contribution in [1.29, 1.82) is 0 Å². The highest BCUT2D eigenvalue weighted by Crippen LogP contribution is 2.47. The second kappa shape index (κ2) is 2.45. The van der Waals surface area contributed by atoms with E-state index < -0.39 is 0 Å². The number of hydrogen-bond acceptors (Lipinski definition) is 3. The van der Waals surface area contributed by atoms with E-state index in [4.69, 9.17) is 11.6 Å². The van der Waals surface area contributed by atoms with Crippen LogP contribution in [0.25, 0.3) is 5.78 Å². The Bertz CT molecular complexity index is 500. The zero-order valence-corrected chi connectivity index (χ0v) is 8.49. The Balaban J connectivity index is 2.29. The molecule has 72 valence electrons. The molecule has 0 bridgehead atoms. The van der Waals surface area contributed by atoms with Gasteiger partial charge in [-0.1, -0.05) is 18.5 Å². The van der Waals surface area contributed by atoms with Crippen molar-refractivity contribution in [2.24, 2.45) is 0 Å². The van der Waals surface area contributed by atoms with Gasteiger partial charge in [-0.05, 0) is 12.8 Å². The van der Waals surface area contributed by atoms with E-state index in [0.29, 0.717) is 10.9 Å². The first kappa shape index (κ1) is 8.17. The van der Waals surface area contributed by atoms with Crippen LogP contribution in [0, 0.1) is 0 Å². The molecule has 1 fully saturated rings. The molecule has 0 amide bonds. The maximum Gasteiger partial charge on any atom is 0.250 e. The predicted octanol–water partition coefficient (Wildman–Crippen LogP) is 1.83. The Morgan fingerprint density at radius 1 is 1.36 bits per heavy atom. The van der Waals surface area contributed by atoms with Gasteiger partial charge in [0.15, 0.2) is 5.15 Å². The second-order valence-corrected chi connectivity index (χ2v) is 4.38. The van der Waals surface area contributed by atoms with Gasteiger partial charge in [-0.25, -0.2) is 9.97 Å². The largest absolute Gasteiger partial charge is 0.250 e. The molecule has 2 aromatic rings. The lowest BCUT2D eigenvalue weighted by atomic mass is 10.1. The van der Waals surface area contributed by atoms with E-state index in [0.717, 1.165) is 5.69 Å². The fourth-order valence-electron chi connectivity index (χ4n) is 1.61. The van der Waals surface area contributed by atoms with Gasteiger partial charge in [-0.3, -0.25) is 0 Å². The molecule has 14 heavy (non-hydrogen) atoms. The van der Waals surface area contributed by atoms with Crippen LogP contribution in [-0.2, 0) is 5.41 Å². The molecular weight excluding hydrogens is 200 g/mol. The van der Waals surface area contributed by atoms with E-state index in [2.05, 4.69) is 22.0 Å². The Morgan fingerprint density at radius 3 is 2.79 bits per heavy atom. The first-order valence-corrected chi connectivity index (χ1v) is 4.94. The minimum absolute atomic E-state index is 0.235. The first-order chi connectivity index (χ1) is 6.69. The van der Waals surface area contributed by atoms with Crippen molar-refractivity contribution in [1.82, 2.24) is 19.6 Å². The van der Waals surface area contributed by atoms with Gasteiger partial charge in [0.2, 0.25) is 0 Å². The number of halogens is 1. The van der Waals surface area contributed by atoms with Crippen LogP contribution in [0.2, 0.25) is 5.15 Å². The van der Waals surface area contributed by atoms with E-state index in [1.54, 1.807) is 4.52 Å². The van der Waals surface area contributed by atoms with Crippen molar-refractivity contribution in [2.75, 3.05) is 0 Å². The van der Waals surface area contributed by atoms with Crippen LogP contribution in [0.4, 0.5) is 0 Å². The molecule has 4 nitrogen and oxygen atoms in total. The van der Waals surface area contributed by atoms with Crippen molar-refractivity contribution in [2.45, 2.75) is 25.2 Å². The summed E-state index contributed by atoms with van der Waals surface area (Å²) in [4.78, 5) is 8.30. The first-order valence-electron chi connectivity index (χ1n) is 4.56. The summed E-state index contributed by atoms with van der Waals surface area (Å²) in [6, 6.07) is 0. The van der Waals surface area contributed by atoms with Crippen LogP contribution < -0.4 is 0 Å². The molecule has 1 aliphatic rings. The second-order valence-electron chi connectivity index (χ2n) is 4.00. The molecule has 0 atom stereocenters. The summed E-state index contributed by atoms with van der Waals surface area (Å²) in [6.45, 7) is 2.21. The molecule has 0 aliphatic heterocycles. The molecule has 0 spiro atoms. The van der Waals surface area contributed by atoms with Crippen molar-refractivity contribution in [3.63, 3.8) is 0 Å². The van der Waals surface area contributed by atoms with Gasteiger partial charge in [-0.15, -0.1) is 0 Å². The minimum atomic E-state index is 0.235. The molecule has 1 saturated carbocycles. The van der Waals surface area contributed by atoms with E-state index in [9.17, 15) is 0 Å². The number of imidazole rings is 1. The summed E-state index contributed by atoms with van der Waals surface area (Å²) in [5.74, 6) is 0.623. The lowest BCUT2D eigenvalue weighted by molar-refractivity contribution is 0.699. The number of fused-ring (bicyclic) bond motifs is 1. The molecule has 0 radical (unpaired) electrons. The third-order valence-electron chi connectivity index (χ3n) is 2.82. The Kier molecular flexibility index (Phi) is 1.43. The number of hydrogen-bond donors (Lipinski definition) is 0. The van der Waals surface area contributed by atoms with Crippen molar-refractivity contribution in [3.8, 4) is 0 Å². The maximum atomic E-state index is 5.80. The highest BCUT2D eigenvalue weighted by atomic mass is 35.5. The average molecular weight is 209 g/mol. The number of nitrogens with zero attached hydrogens (tertiary/aromatic N) is 4. The van der Waals surface area contributed by atoms with Gasteiger partial charge < -0.3 is 0 Å². The predicted molar refractivity (Wildman–Crippen MR) is 52.4 cm³/mol. The monoisotopic (exact) mass is 208 g/mol. The summed E-state index contributed by atoms with van der Waals surface area (Å²) >= 11 is 5.80. The molecule has 5 heteroatoms. The van der Waals surface area contributed by atoms with Gasteiger partial charge >= 0.3 is 0 Å². The third kappa shape index (κ3) is 1.04. The van der Waals surface area contributed by atoms with Gasteiger partial charge in [-0.2, -0.15) is 9.61 Å². The van der Waals surface area contributed by atoms with Gasteiger partial charge in [0.05, 0.1) is 18.1 Å². The van der Waals surface area contributed by atoms with Crippen LogP contribution in [0.3, 0.4) is 0 Å². The summed E-state index contributed by atoms with van der Waals surface area (Å²) < 4.78 is 1.75. The molecule has 2 heterocycles. The lowest BCUT2D eigenvalue weighted by Crippen LogP contribution is -2.07. The maximum absolute atomic E-state index is 5.80. The summed E-state index contributed by atoms with van der Waals surface area (Å²) in [5, 5.41) is 4.60. The fraction of sp³-hybridized carbons (Fsp3) is 0.444. The van der Waals surface area contributed by atoms with E-state index in [1.807, 2.05) is 6.20 Å². The normalized spacial score (nSPS) is 18.7. The summed E-state index contributed by atoms with van der Waals surface area (Å²) in [7, 11) is 0. The molecule has 0 saturated heterocycles. The molecular formula is C9H9ClN4. The van der Waals surface area contributed by atoms with Crippen LogP contribution in [0.1, 0.15) is 25.5 Å². The van der Waals surface area contributed by atoms with Crippen molar-refractivity contribution >= 4 is 17.4 Å². The zero-order valence-electron chi connectivity index (χ0n) is 7.74.